The highest BCUT2D eigenvalue weighted by atomic mass is 16.5. The van der Waals surface area contributed by atoms with Gasteiger partial charge in [0.2, 0.25) is 0 Å². The van der Waals surface area contributed by atoms with Gasteiger partial charge in [-0.1, -0.05) is 58.7 Å². The second kappa shape index (κ2) is 11.8. The molecule has 148 valence electrons. The van der Waals surface area contributed by atoms with Gasteiger partial charge in [0.25, 0.3) is 0 Å². The largest absolute Gasteiger partial charge is 0.359 e. The lowest BCUT2D eigenvalue weighted by molar-refractivity contribution is 0.224. The molecule has 0 saturated carbocycles. The Balaban J connectivity index is 2.50. The molecule has 0 radical (unpaired) electrons. The zero-order valence-corrected chi connectivity index (χ0v) is 17.3. The van der Waals surface area contributed by atoms with E-state index in [4.69, 9.17) is 4.52 Å². The van der Waals surface area contributed by atoms with Crippen LogP contribution in [-0.4, -0.2) is 22.6 Å². The first-order valence-corrected chi connectivity index (χ1v) is 10.1. The number of urea groups is 1. The third kappa shape index (κ3) is 8.07. The van der Waals surface area contributed by atoms with Gasteiger partial charge in [0, 0.05) is 24.7 Å². The van der Waals surface area contributed by atoms with E-state index in [1.807, 2.05) is 13.0 Å². The molecule has 0 saturated heterocycles. The summed E-state index contributed by atoms with van der Waals surface area (Å²) in [6, 6.07) is 1.63. The fourth-order valence-electron chi connectivity index (χ4n) is 3.05. The van der Waals surface area contributed by atoms with Gasteiger partial charge in [-0.05, 0) is 38.0 Å². The first-order chi connectivity index (χ1) is 12.4. The van der Waals surface area contributed by atoms with Crippen LogP contribution in [0, 0.1) is 11.8 Å². The quantitative estimate of drug-likeness (QED) is 0.478. The molecule has 0 aromatic carbocycles. The fourth-order valence-corrected chi connectivity index (χ4v) is 3.05. The summed E-state index contributed by atoms with van der Waals surface area (Å²) in [6.45, 7) is 15.5. The molecule has 26 heavy (non-hydrogen) atoms. The molecule has 1 aromatic rings. The van der Waals surface area contributed by atoms with Crippen molar-refractivity contribution in [1.29, 1.82) is 0 Å². The highest BCUT2D eigenvalue weighted by molar-refractivity contribution is 5.89. The molecule has 0 bridgehead atoms. The molecular weight excluding hydrogens is 326 g/mol. The van der Waals surface area contributed by atoms with E-state index < -0.39 is 0 Å². The SMILES string of the molecule is C=C(CCC(C)CCC)N(CC)C(=O)Nc1cc(CCCC(C)C)on1. The Kier molecular flexibility index (Phi) is 10.1. The predicted molar refractivity (Wildman–Crippen MR) is 108 cm³/mol. The molecule has 0 aliphatic rings. The van der Waals surface area contributed by atoms with Gasteiger partial charge in [0.05, 0.1) is 0 Å². The van der Waals surface area contributed by atoms with Crippen LogP contribution in [0.4, 0.5) is 10.6 Å². The van der Waals surface area contributed by atoms with Crippen molar-refractivity contribution in [3.63, 3.8) is 0 Å². The summed E-state index contributed by atoms with van der Waals surface area (Å²) in [5.74, 6) is 2.63. The number of aromatic nitrogens is 1. The average Bonchev–Trinajstić information content (AvgIpc) is 3.00. The minimum absolute atomic E-state index is 0.192. The second-order valence-corrected chi connectivity index (χ2v) is 7.64. The lowest BCUT2D eigenvalue weighted by Gasteiger charge is -2.24. The van der Waals surface area contributed by atoms with Crippen molar-refractivity contribution in [2.45, 2.75) is 79.6 Å². The monoisotopic (exact) mass is 363 g/mol. The molecule has 1 rings (SSSR count). The minimum atomic E-state index is -0.192. The third-order valence-corrected chi connectivity index (χ3v) is 4.65. The van der Waals surface area contributed by atoms with Gasteiger partial charge in [-0.25, -0.2) is 4.79 Å². The van der Waals surface area contributed by atoms with Crippen molar-refractivity contribution in [2.75, 3.05) is 11.9 Å². The molecule has 0 fully saturated rings. The Morgan fingerprint density at radius 1 is 1.27 bits per heavy atom. The first-order valence-electron chi connectivity index (χ1n) is 10.1. The zero-order chi connectivity index (χ0) is 19.5. The molecule has 1 N–H and O–H groups in total. The highest BCUT2D eigenvalue weighted by Gasteiger charge is 2.17. The Bertz CT molecular complexity index is 551. The number of carbonyl (C=O) groups excluding carboxylic acids is 1. The number of carbonyl (C=O) groups is 1. The molecule has 0 spiro atoms. The van der Waals surface area contributed by atoms with Crippen LogP contribution in [0.5, 0.6) is 0 Å². The summed E-state index contributed by atoms with van der Waals surface area (Å²) >= 11 is 0. The van der Waals surface area contributed by atoms with Gasteiger partial charge in [-0.3, -0.25) is 10.2 Å². The molecule has 1 atom stereocenters. The molecule has 1 unspecified atom stereocenters. The number of nitrogens with zero attached hydrogens (tertiary/aromatic N) is 2. The molecule has 5 heteroatoms. The Labute approximate surface area is 159 Å². The van der Waals surface area contributed by atoms with Crippen LogP contribution in [0.2, 0.25) is 0 Å². The Morgan fingerprint density at radius 3 is 2.62 bits per heavy atom. The molecule has 2 amide bonds. The van der Waals surface area contributed by atoms with Gasteiger partial charge in [0.15, 0.2) is 5.82 Å². The zero-order valence-electron chi connectivity index (χ0n) is 17.3. The van der Waals surface area contributed by atoms with Gasteiger partial charge in [-0.15, -0.1) is 0 Å². The number of hydrogen-bond acceptors (Lipinski definition) is 3. The molecule has 0 aliphatic heterocycles. The van der Waals surface area contributed by atoms with Crippen molar-refractivity contribution < 1.29 is 9.32 Å². The number of nitrogens with one attached hydrogen (secondary N) is 1. The van der Waals surface area contributed by atoms with Crippen LogP contribution >= 0.6 is 0 Å². The van der Waals surface area contributed by atoms with Crippen molar-refractivity contribution in [1.82, 2.24) is 10.1 Å². The standard InChI is InChI=1S/C21H37N3O2/c1-7-10-17(5)13-14-18(6)24(8-2)21(25)22-20-15-19(26-23-20)12-9-11-16(3)4/h15-17H,6-14H2,1-5H3,(H,22,23,25). The fraction of sp³-hybridized carbons (Fsp3) is 0.714. The summed E-state index contributed by atoms with van der Waals surface area (Å²) in [7, 11) is 0. The van der Waals surface area contributed by atoms with Crippen LogP contribution in [0.3, 0.4) is 0 Å². The molecule has 5 nitrogen and oxygen atoms in total. The summed E-state index contributed by atoms with van der Waals surface area (Å²) in [5, 5.41) is 6.79. The number of amides is 2. The van der Waals surface area contributed by atoms with E-state index >= 15 is 0 Å². The lowest BCUT2D eigenvalue weighted by Crippen LogP contribution is -2.34. The van der Waals surface area contributed by atoms with Crippen molar-refractivity contribution in [3.05, 3.63) is 24.1 Å². The van der Waals surface area contributed by atoms with Crippen LogP contribution in [-0.2, 0) is 6.42 Å². The number of allylic oxidation sites excluding steroid dienone is 1. The maximum atomic E-state index is 12.5. The van der Waals surface area contributed by atoms with E-state index in [0.29, 0.717) is 24.2 Å². The Hall–Kier alpha value is -1.78. The number of rotatable bonds is 12. The van der Waals surface area contributed by atoms with E-state index in [2.05, 4.69) is 44.7 Å². The molecule has 0 aliphatic carbocycles. The van der Waals surface area contributed by atoms with E-state index in [0.717, 1.165) is 43.6 Å². The topological polar surface area (TPSA) is 58.4 Å². The lowest BCUT2D eigenvalue weighted by atomic mass is 9.99. The van der Waals surface area contributed by atoms with E-state index in [1.165, 1.54) is 12.8 Å². The smallest absolute Gasteiger partial charge is 0.327 e. The number of anilines is 1. The van der Waals surface area contributed by atoms with Crippen molar-refractivity contribution >= 4 is 11.8 Å². The van der Waals surface area contributed by atoms with Gasteiger partial charge >= 0.3 is 6.03 Å². The maximum Gasteiger partial charge on any atom is 0.327 e. The average molecular weight is 364 g/mol. The second-order valence-electron chi connectivity index (χ2n) is 7.64. The predicted octanol–water partition coefficient (Wildman–Crippen LogP) is 6.24. The van der Waals surface area contributed by atoms with Crippen LogP contribution in [0.1, 0.15) is 78.9 Å². The van der Waals surface area contributed by atoms with E-state index in [9.17, 15) is 4.79 Å². The maximum absolute atomic E-state index is 12.5. The minimum Gasteiger partial charge on any atom is -0.359 e. The number of hydrogen-bond donors (Lipinski definition) is 1. The summed E-state index contributed by atoms with van der Waals surface area (Å²) < 4.78 is 5.32. The van der Waals surface area contributed by atoms with E-state index in [-0.39, 0.29) is 6.03 Å². The Morgan fingerprint density at radius 2 is 2.00 bits per heavy atom. The summed E-state index contributed by atoms with van der Waals surface area (Å²) in [5.41, 5.74) is 0.855. The molecular formula is C21H37N3O2. The van der Waals surface area contributed by atoms with Crippen molar-refractivity contribution in [3.8, 4) is 0 Å². The van der Waals surface area contributed by atoms with Gasteiger partial charge in [0.1, 0.15) is 5.76 Å². The first kappa shape index (κ1) is 22.3. The van der Waals surface area contributed by atoms with Crippen LogP contribution in [0.25, 0.3) is 0 Å². The third-order valence-electron chi connectivity index (χ3n) is 4.65. The van der Waals surface area contributed by atoms with Crippen LogP contribution < -0.4 is 5.32 Å². The van der Waals surface area contributed by atoms with E-state index in [1.54, 1.807) is 4.90 Å². The van der Waals surface area contributed by atoms with Gasteiger partial charge in [-0.2, -0.15) is 0 Å². The van der Waals surface area contributed by atoms with Crippen molar-refractivity contribution in [2.24, 2.45) is 11.8 Å². The van der Waals surface area contributed by atoms with Crippen LogP contribution in [0.15, 0.2) is 22.9 Å². The molecule has 1 aromatic heterocycles. The van der Waals surface area contributed by atoms with Gasteiger partial charge < -0.3 is 4.52 Å². The highest BCUT2D eigenvalue weighted by Crippen LogP contribution is 2.19. The molecule has 1 heterocycles. The normalized spacial score (nSPS) is 12.2. The number of aryl methyl sites for hydroxylation is 1. The summed E-state index contributed by atoms with van der Waals surface area (Å²) in [4.78, 5) is 14.2. The summed E-state index contributed by atoms with van der Waals surface area (Å²) in [6.07, 6.45) is 7.36.